The first-order valence-electron chi connectivity index (χ1n) is 5.84. The van der Waals surface area contributed by atoms with Gasteiger partial charge in [-0.1, -0.05) is 30.3 Å². The molecule has 1 aromatic rings. The van der Waals surface area contributed by atoms with Gasteiger partial charge in [0.1, 0.15) is 0 Å². The van der Waals surface area contributed by atoms with E-state index in [2.05, 4.69) is 5.32 Å². The second-order valence-corrected chi connectivity index (χ2v) is 6.33. The van der Waals surface area contributed by atoms with E-state index in [9.17, 15) is 8.42 Å². The van der Waals surface area contributed by atoms with E-state index in [1.54, 1.807) is 4.31 Å². The van der Waals surface area contributed by atoms with Crippen LogP contribution >= 0.6 is 12.4 Å². The van der Waals surface area contributed by atoms with E-state index in [1.807, 2.05) is 37.3 Å². The summed E-state index contributed by atoms with van der Waals surface area (Å²) in [6, 6.07) is 9.37. The SMILES string of the molecule is C[C@@H]1CNCCN1S(=O)(=O)Cc1ccccc1.Cl. The highest BCUT2D eigenvalue weighted by molar-refractivity contribution is 7.88. The standard InChI is InChI=1S/C12H18N2O2S.ClH/c1-11-9-13-7-8-14(11)17(15,16)10-12-5-3-2-4-6-12;/h2-6,11,13H,7-10H2,1H3;1H/t11-;/m1./s1. The lowest BCUT2D eigenvalue weighted by atomic mass is 10.2. The Morgan fingerprint density at radius 3 is 2.61 bits per heavy atom. The smallest absolute Gasteiger partial charge is 0.218 e. The molecular formula is C12H19ClN2O2S. The summed E-state index contributed by atoms with van der Waals surface area (Å²) in [5.41, 5.74) is 0.846. The largest absolute Gasteiger partial charge is 0.314 e. The molecule has 0 saturated carbocycles. The molecule has 2 rings (SSSR count). The third kappa shape index (κ3) is 3.68. The Morgan fingerprint density at radius 2 is 2.00 bits per heavy atom. The van der Waals surface area contributed by atoms with Crippen molar-refractivity contribution in [2.45, 2.75) is 18.7 Å². The summed E-state index contributed by atoms with van der Waals surface area (Å²) in [5.74, 6) is 0.0954. The van der Waals surface area contributed by atoms with Crippen molar-refractivity contribution in [2.24, 2.45) is 0 Å². The van der Waals surface area contributed by atoms with Crippen LogP contribution in [0.4, 0.5) is 0 Å². The molecule has 4 nitrogen and oxygen atoms in total. The summed E-state index contributed by atoms with van der Waals surface area (Å²) in [4.78, 5) is 0. The highest BCUT2D eigenvalue weighted by atomic mass is 35.5. The Morgan fingerprint density at radius 1 is 1.33 bits per heavy atom. The lowest BCUT2D eigenvalue weighted by Crippen LogP contribution is -2.52. The van der Waals surface area contributed by atoms with Crippen molar-refractivity contribution in [3.63, 3.8) is 0 Å². The molecule has 1 atom stereocenters. The van der Waals surface area contributed by atoms with E-state index in [0.29, 0.717) is 6.54 Å². The maximum atomic E-state index is 12.3. The minimum absolute atomic E-state index is 0. The van der Waals surface area contributed by atoms with Crippen molar-refractivity contribution in [2.75, 3.05) is 19.6 Å². The predicted octanol–water partition coefficient (Wildman–Crippen LogP) is 1.23. The quantitative estimate of drug-likeness (QED) is 0.911. The Hall–Kier alpha value is -0.620. The molecule has 1 aliphatic heterocycles. The minimum Gasteiger partial charge on any atom is -0.314 e. The lowest BCUT2D eigenvalue weighted by molar-refractivity contribution is 0.283. The molecule has 0 unspecified atom stereocenters. The number of nitrogens with zero attached hydrogens (tertiary/aromatic N) is 1. The molecule has 1 fully saturated rings. The molecule has 0 aliphatic carbocycles. The summed E-state index contributed by atoms with van der Waals surface area (Å²) in [7, 11) is -3.19. The maximum Gasteiger partial charge on any atom is 0.218 e. The third-order valence-electron chi connectivity index (χ3n) is 2.99. The van der Waals surface area contributed by atoms with Gasteiger partial charge < -0.3 is 5.32 Å². The number of sulfonamides is 1. The molecule has 1 N–H and O–H groups in total. The molecule has 102 valence electrons. The van der Waals surface area contributed by atoms with E-state index in [1.165, 1.54) is 0 Å². The Labute approximate surface area is 115 Å². The fourth-order valence-electron chi connectivity index (χ4n) is 2.10. The molecule has 6 heteroatoms. The van der Waals surface area contributed by atoms with Crippen LogP contribution in [0, 0.1) is 0 Å². The van der Waals surface area contributed by atoms with Gasteiger partial charge in [0.25, 0.3) is 0 Å². The Balaban J connectivity index is 0.00000162. The summed E-state index contributed by atoms with van der Waals surface area (Å²) in [6.07, 6.45) is 0. The molecular weight excluding hydrogens is 272 g/mol. The number of nitrogens with one attached hydrogen (secondary N) is 1. The van der Waals surface area contributed by atoms with Crippen LogP contribution in [0.15, 0.2) is 30.3 Å². The van der Waals surface area contributed by atoms with Crippen LogP contribution in [0.2, 0.25) is 0 Å². The van der Waals surface area contributed by atoms with Crippen LogP contribution in [-0.4, -0.2) is 38.4 Å². The molecule has 1 aromatic carbocycles. The van der Waals surface area contributed by atoms with Crippen molar-refractivity contribution in [3.8, 4) is 0 Å². The number of hydrogen-bond donors (Lipinski definition) is 1. The first-order valence-corrected chi connectivity index (χ1v) is 7.45. The van der Waals surface area contributed by atoms with Crippen LogP contribution in [0.1, 0.15) is 12.5 Å². The van der Waals surface area contributed by atoms with Crippen molar-refractivity contribution in [3.05, 3.63) is 35.9 Å². The van der Waals surface area contributed by atoms with Gasteiger partial charge in [-0.3, -0.25) is 0 Å². The minimum atomic E-state index is -3.19. The molecule has 1 saturated heterocycles. The van der Waals surface area contributed by atoms with E-state index >= 15 is 0 Å². The zero-order valence-corrected chi connectivity index (χ0v) is 12.0. The van der Waals surface area contributed by atoms with Crippen molar-refractivity contribution in [1.29, 1.82) is 0 Å². The van der Waals surface area contributed by atoms with E-state index in [0.717, 1.165) is 18.7 Å². The first-order chi connectivity index (χ1) is 8.09. The van der Waals surface area contributed by atoms with Crippen molar-refractivity contribution >= 4 is 22.4 Å². The van der Waals surface area contributed by atoms with E-state index < -0.39 is 10.0 Å². The molecule has 1 aliphatic rings. The summed E-state index contributed by atoms with van der Waals surface area (Å²) in [6.45, 7) is 3.97. The number of benzene rings is 1. The highest BCUT2D eigenvalue weighted by Crippen LogP contribution is 2.14. The van der Waals surface area contributed by atoms with E-state index in [-0.39, 0.29) is 24.2 Å². The summed E-state index contributed by atoms with van der Waals surface area (Å²) < 4.78 is 26.1. The van der Waals surface area contributed by atoms with Crippen LogP contribution in [0.5, 0.6) is 0 Å². The average molecular weight is 291 g/mol. The summed E-state index contributed by atoms with van der Waals surface area (Å²) in [5, 5.41) is 3.19. The van der Waals surface area contributed by atoms with Crippen molar-refractivity contribution in [1.82, 2.24) is 9.62 Å². The molecule has 0 amide bonds. The molecule has 1 heterocycles. The number of piperazine rings is 1. The molecule has 0 spiro atoms. The first kappa shape index (κ1) is 15.4. The van der Waals surface area contributed by atoms with Gasteiger partial charge in [-0.15, -0.1) is 12.4 Å². The van der Waals surface area contributed by atoms with Gasteiger partial charge >= 0.3 is 0 Å². The molecule has 0 aromatic heterocycles. The van der Waals surface area contributed by atoms with Gasteiger partial charge in [-0.05, 0) is 12.5 Å². The van der Waals surface area contributed by atoms with Gasteiger partial charge in [0.15, 0.2) is 0 Å². The van der Waals surface area contributed by atoms with Crippen LogP contribution in [0.3, 0.4) is 0 Å². The van der Waals surface area contributed by atoms with Gasteiger partial charge in [0.2, 0.25) is 10.0 Å². The third-order valence-corrected chi connectivity index (χ3v) is 4.94. The van der Waals surface area contributed by atoms with E-state index in [4.69, 9.17) is 0 Å². The van der Waals surface area contributed by atoms with Crippen LogP contribution in [-0.2, 0) is 15.8 Å². The highest BCUT2D eigenvalue weighted by Gasteiger charge is 2.29. The monoisotopic (exact) mass is 290 g/mol. The van der Waals surface area contributed by atoms with Gasteiger partial charge in [0.05, 0.1) is 5.75 Å². The van der Waals surface area contributed by atoms with Crippen molar-refractivity contribution < 1.29 is 8.42 Å². The number of halogens is 1. The fourth-order valence-corrected chi connectivity index (χ4v) is 3.88. The van der Waals surface area contributed by atoms with Gasteiger partial charge in [-0.2, -0.15) is 4.31 Å². The fraction of sp³-hybridized carbons (Fsp3) is 0.500. The zero-order valence-electron chi connectivity index (χ0n) is 10.4. The Bertz CT molecular complexity index is 464. The second-order valence-electron chi connectivity index (χ2n) is 4.41. The number of hydrogen-bond acceptors (Lipinski definition) is 3. The Kier molecular flexibility index (Phi) is 5.59. The number of rotatable bonds is 3. The van der Waals surface area contributed by atoms with Gasteiger partial charge in [0, 0.05) is 25.7 Å². The van der Waals surface area contributed by atoms with Crippen LogP contribution < -0.4 is 5.32 Å². The topological polar surface area (TPSA) is 49.4 Å². The predicted molar refractivity (Wildman–Crippen MR) is 75.4 cm³/mol. The maximum absolute atomic E-state index is 12.3. The van der Waals surface area contributed by atoms with Gasteiger partial charge in [-0.25, -0.2) is 8.42 Å². The molecule has 18 heavy (non-hydrogen) atoms. The molecule has 0 bridgehead atoms. The molecule has 0 radical (unpaired) electrons. The zero-order chi connectivity index (χ0) is 12.3. The van der Waals surface area contributed by atoms with Crippen LogP contribution in [0.25, 0.3) is 0 Å². The lowest BCUT2D eigenvalue weighted by Gasteiger charge is -2.32. The normalized spacial score (nSPS) is 21.3. The second kappa shape index (κ2) is 6.52. The summed E-state index contributed by atoms with van der Waals surface area (Å²) >= 11 is 0. The average Bonchev–Trinajstić information content (AvgIpc) is 2.30.